The van der Waals surface area contributed by atoms with Crippen LogP contribution in [0.25, 0.3) is 17.4 Å². The highest BCUT2D eigenvalue weighted by Crippen LogP contribution is 2.25. The fraction of sp³-hybridized carbons (Fsp3) is 0. The van der Waals surface area contributed by atoms with Crippen LogP contribution in [0.5, 0.6) is 0 Å². The maximum absolute atomic E-state index is 12.4. The fourth-order valence-electron chi connectivity index (χ4n) is 2.46. The first kappa shape index (κ1) is 19.1. The third kappa shape index (κ3) is 4.37. The quantitative estimate of drug-likeness (QED) is 0.434. The molecule has 2 aromatic carbocycles. The molecule has 0 bridgehead atoms. The summed E-state index contributed by atoms with van der Waals surface area (Å²) in [6.07, 6.45) is 1.31. The van der Waals surface area contributed by atoms with Gasteiger partial charge in [-0.05, 0) is 36.4 Å². The Kier molecular flexibility index (Phi) is 5.72. The molecule has 0 atom stereocenters. The lowest BCUT2D eigenvalue weighted by Crippen LogP contribution is -2.16. The van der Waals surface area contributed by atoms with E-state index in [0.29, 0.717) is 11.5 Å². The molecule has 0 saturated carbocycles. The summed E-state index contributed by atoms with van der Waals surface area (Å²) in [7, 11) is 0. The van der Waals surface area contributed by atoms with E-state index in [1.165, 1.54) is 18.2 Å². The molecule has 3 aromatic rings. The zero-order chi connectivity index (χ0) is 20.1. The second-order valence-corrected chi connectivity index (χ2v) is 6.60. The third-order valence-corrected chi connectivity index (χ3v) is 4.34. The summed E-state index contributed by atoms with van der Waals surface area (Å²) in [5, 5.41) is 21.0. The molecule has 0 saturated heterocycles. The van der Waals surface area contributed by atoms with Crippen molar-refractivity contribution < 1.29 is 19.1 Å². The van der Waals surface area contributed by atoms with Crippen molar-refractivity contribution in [1.82, 2.24) is 0 Å². The molecule has 6 nitrogen and oxygen atoms in total. The van der Waals surface area contributed by atoms with Gasteiger partial charge in [-0.2, -0.15) is 5.26 Å². The third-order valence-electron chi connectivity index (χ3n) is 3.81. The first-order valence-corrected chi connectivity index (χ1v) is 8.88. The van der Waals surface area contributed by atoms with E-state index >= 15 is 0 Å². The highest BCUT2D eigenvalue weighted by atomic mass is 79.9. The van der Waals surface area contributed by atoms with E-state index < -0.39 is 11.9 Å². The first-order chi connectivity index (χ1) is 13.5. The van der Waals surface area contributed by atoms with Gasteiger partial charge >= 0.3 is 5.97 Å². The van der Waals surface area contributed by atoms with Crippen molar-refractivity contribution in [3.63, 3.8) is 0 Å². The fourth-order valence-corrected chi connectivity index (χ4v) is 2.72. The molecule has 7 heteroatoms. The number of amides is 1. The van der Waals surface area contributed by atoms with Crippen molar-refractivity contribution >= 4 is 39.6 Å². The number of benzene rings is 2. The second kappa shape index (κ2) is 8.37. The molecule has 0 aliphatic heterocycles. The molecule has 2 N–H and O–H groups in total. The van der Waals surface area contributed by atoms with Gasteiger partial charge in [-0.15, -0.1) is 0 Å². The zero-order valence-corrected chi connectivity index (χ0v) is 15.9. The van der Waals surface area contributed by atoms with Crippen LogP contribution < -0.4 is 5.32 Å². The Hall–Kier alpha value is -3.63. The van der Waals surface area contributed by atoms with Gasteiger partial charge in [-0.3, -0.25) is 4.79 Å². The number of carboxylic acid groups (broad SMARTS) is 1. The Morgan fingerprint density at radius 1 is 1.07 bits per heavy atom. The second-order valence-electron chi connectivity index (χ2n) is 5.68. The molecule has 1 heterocycles. The predicted octanol–water partition coefficient (Wildman–Crippen LogP) is 4.95. The van der Waals surface area contributed by atoms with E-state index in [1.807, 2.05) is 30.3 Å². The van der Waals surface area contributed by atoms with Crippen LogP contribution in [0.3, 0.4) is 0 Å². The minimum atomic E-state index is -1.18. The van der Waals surface area contributed by atoms with Gasteiger partial charge in [0, 0.05) is 16.1 Å². The van der Waals surface area contributed by atoms with Gasteiger partial charge in [0.15, 0.2) is 0 Å². The number of aromatic carboxylic acids is 1. The lowest BCUT2D eigenvalue weighted by molar-refractivity contribution is -0.112. The maximum atomic E-state index is 12.4. The number of carbonyl (C=O) groups is 2. The Morgan fingerprint density at radius 3 is 2.46 bits per heavy atom. The number of hydrogen-bond donors (Lipinski definition) is 2. The van der Waals surface area contributed by atoms with Gasteiger partial charge in [-0.25, -0.2) is 4.79 Å². The molecule has 1 amide bonds. The molecular weight excluding hydrogens is 424 g/mol. The van der Waals surface area contributed by atoms with Crippen molar-refractivity contribution in [2.75, 3.05) is 5.32 Å². The molecular formula is C21H13BrN2O4. The molecule has 3 rings (SSSR count). The SMILES string of the molecule is N#C/C(=C\c1ccc(-c2ccc(Br)cc2)o1)C(=O)Nc1ccccc1C(=O)O. The van der Waals surface area contributed by atoms with Gasteiger partial charge in [-0.1, -0.05) is 40.2 Å². The van der Waals surface area contributed by atoms with Crippen LogP contribution in [-0.2, 0) is 4.79 Å². The maximum Gasteiger partial charge on any atom is 0.337 e. The van der Waals surface area contributed by atoms with Crippen molar-refractivity contribution in [2.45, 2.75) is 0 Å². The Morgan fingerprint density at radius 2 is 1.79 bits per heavy atom. The summed E-state index contributed by atoms with van der Waals surface area (Å²) in [5.41, 5.74) is 0.679. The topological polar surface area (TPSA) is 103 Å². The van der Waals surface area contributed by atoms with Gasteiger partial charge in [0.05, 0.1) is 11.3 Å². The highest BCUT2D eigenvalue weighted by molar-refractivity contribution is 9.10. The van der Waals surface area contributed by atoms with Crippen LogP contribution in [0, 0.1) is 11.3 Å². The molecule has 1 aromatic heterocycles. The van der Waals surface area contributed by atoms with Crippen LogP contribution in [0.2, 0.25) is 0 Å². The molecule has 0 aliphatic rings. The minimum Gasteiger partial charge on any atom is -0.478 e. The smallest absolute Gasteiger partial charge is 0.337 e. The normalized spacial score (nSPS) is 10.9. The number of carboxylic acids is 1. The molecule has 28 heavy (non-hydrogen) atoms. The average Bonchev–Trinajstić information content (AvgIpc) is 3.15. The lowest BCUT2D eigenvalue weighted by Gasteiger charge is -2.07. The standard InChI is InChI=1S/C21H13BrN2O4/c22-15-7-5-13(6-8-15)19-10-9-16(28-19)11-14(12-23)20(25)24-18-4-2-1-3-17(18)21(26)27/h1-11H,(H,24,25)(H,26,27)/b14-11+. The summed E-state index contributed by atoms with van der Waals surface area (Å²) in [6, 6.07) is 18.7. The molecule has 0 aliphatic carbocycles. The number of carbonyl (C=O) groups excluding carboxylic acids is 1. The number of halogens is 1. The van der Waals surface area contributed by atoms with E-state index in [1.54, 1.807) is 24.3 Å². The number of hydrogen-bond acceptors (Lipinski definition) is 4. The van der Waals surface area contributed by atoms with Crippen molar-refractivity contribution in [2.24, 2.45) is 0 Å². The number of furan rings is 1. The van der Waals surface area contributed by atoms with Crippen LogP contribution >= 0.6 is 15.9 Å². The minimum absolute atomic E-state index is 0.0661. The Labute approximate surface area is 168 Å². The Balaban J connectivity index is 1.83. The summed E-state index contributed by atoms with van der Waals surface area (Å²) in [6.45, 7) is 0. The molecule has 0 unspecified atom stereocenters. The van der Waals surface area contributed by atoms with Gasteiger partial charge in [0.1, 0.15) is 23.2 Å². The predicted molar refractivity (Wildman–Crippen MR) is 107 cm³/mol. The molecule has 138 valence electrons. The zero-order valence-electron chi connectivity index (χ0n) is 14.3. The summed E-state index contributed by atoms with van der Waals surface area (Å²) in [4.78, 5) is 23.6. The number of nitriles is 1. The van der Waals surface area contributed by atoms with Crippen molar-refractivity contribution in [3.05, 3.63) is 82.0 Å². The summed E-state index contributed by atoms with van der Waals surface area (Å²) < 4.78 is 6.63. The van der Waals surface area contributed by atoms with Crippen molar-refractivity contribution in [1.29, 1.82) is 5.26 Å². The summed E-state index contributed by atoms with van der Waals surface area (Å²) >= 11 is 3.36. The lowest BCUT2D eigenvalue weighted by atomic mass is 10.1. The number of nitrogens with zero attached hydrogens (tertiary/aromatic N) is 1. The average molecular weight is 437 g/mol. The van der Waals surface area contributed by atoms with E-state index in [-0.39, 0.29) is 16.8 Å². The molecule has 0 fully saturated rings. The molecule has 0 spiro atoms. The number of nitrogens with one attached hydrogen (secondary N) is 1. The van der Waals surface area contributed by atoms with E-state index in [2.05, 4.69) is 21.2 Å². The highest BCUT2D eigenvalue weighted by Gasteiger charge is 2.15. The first-order valence-electron chi connectivity index (χ1n) is 8.09. The monoisotopic (exact) mass is 436 g/mol. The van der Waals surface area contributed by atoms with E-state index in [9.17, 15) is 20.0 Å². The summed E-state index contributed by atoms with van der Waals surface area (Å²) in [5.74, 6) is -0.981. The van der Waals surface area contributed by atoms with Crippen molar-refractivity contribution in [3.8, 4) is 17.4 Å². The van der Waals surface area contributed by atoms with Crippen LogP contribution in [-0.4, -0.2) is 17.0 Å². The van der Waals surface area contributed by atoms with Gasteiger partial charge in [0.25, 0.3) is 5.91 Å². The van der Waals surface area contributed by atoms with Gasteiger partial charge in [0.2, 0.25) is 0 Å². The largest absolute Gasteiger partial charge is 0.478 e. The Bertz CT molecular complexity index is 1110. The molecule has 0 radical (unpaired) electrons. The van der Waals surface area contributed by atoms with E-state index in [4.69, 9.17) is 4.42 Å². The van der Waals surface area contributed by atoms with Gasteiger partial charge < -0.3 is 14.8 Å². The van der Waals surface area contributed by atoms with Crippen LogP contribution in [0.4, 0.5) is 5.69 Å². The van der Waals surface area contributed by atoms with E-state index in [0.717, 1.165) is 10.0 Å². The van der Waals surface area contributed by atoms with Crippen LogP contribution in [0.15, 0.2) is 75.1 Å². The van der Waals surface area contributed by atoms with Crippen LogP contribution in [0.1, 0.15) is 16.1 Å². The number of anilines is 1. The number of rotatable bonds is 5. The number of para-hydroxylation sites is 1.